The second-order valence-corrected chi connectivity index (χ2v) is 10.5. The van der Waals surface area contributed by atoms with Crippen molar-refractivity contribution in [3.05, 3.63) is 16.0 Å². The normalized spacial score (nSPS) is 17.3. The van der Waals surface area contributed by atoms with Crippen LogP contribution in [-0.4, -0.2) is 51.6 Å². The highest BCUT2D eigenvalue weighted by molar-refractivity contribution is 7.91. The number of halogens is 1. The molecule has 1 aromatic rings. The minimum absolute atomic E-state index is 0.00784. The molecule has 0 aliphatic carbocycles. The van der Waals surface area contributed by atoms with Crippen LogP contribution >= 0.6 is 22.9 Å². The molecule has 0 aromatic carbocycles. The van der Waals surface area contributed by atoms with Gasteiger partial charge in [-0.25, -0.2) is 8.42 Å². The van der Waals surface area contributed by atoms with Gasteiger partial charge in [0.05, 0.1) is 23.7 Å². The highest BCUT2D eigenvalue weighted by Gasteiger charge is 2.31. The minimum atomic E-state index is -3.56. The first-order valence-corrected chi connectivity index (χ1v) is 10.9. The van der Waals surface area contributed by atoms with Crippen molar-refractivity contribution in [1.29, 1.82) is 0 Å². The van der Waals surface area contributed by atoms with Crippen LogP contribution in [0, 0.1) is 5.92 Å². The number of nitrogens with zero attached hydrogens (tertiary/aromatic N) is 1. The van der Waals surface area contributed by atoms with E-state index in [0.29, 0.717) is 49.3 Å². The lowest BCUT2D eigenvalue weighted by atomic mass is 10.1. The van der Waals surface area contributed by atoms with Crippen LogP contribution in [0.3, 0.4) is 0 Å². The molecule has 1 aromatic heterocycles. The molecule has 1 atom stereocenters. The van der Waals surface area contributed by atoms with Crippen LogP contribution in [0.15, 0.2) is 10.3 Å². The third-order valence-corrected chi connectivity index (χ3v) is 7.38. The highest BCUT2D eigenvalue weighted by atomic mass is 35.5. The molecule has 142 valence electrons. The van der Waals surface area contributed by atoms with Crippen molar-refractivity contribution in [2.24, 2.45) is 5.92 Å². The maximum absolute atomic E-state index is 12.5. The average molecular weight is 410 g/mol. The first-order chi connectivity index (χ1) is 11.7. The average Bonchev–Trinajstić information content (AvgIpc) is 3.26. The summed E-state index contributed by atoms with van der Waals surface area (Å²) in [6.07, 6.45) is 1.39. The number of likely N-dealkylation sites (N-methyl/N-ethyl adjacent to an activating group) is 1. The topological polar surface area (TPSA) is 76.2 Å². The van der Waals surface area contributed by atoms with Gasteiger partial charge in [0.2, 0.25) is 0 Å². The predicted molar refractivity (Wildman–Crippen MR) is 97.6 cm³/mol. The van der Waals surface area contributed by atoms with Gasteiger partial charge in [0, 0.05) is 20.0 Å². The standard InChI is InChI=1S/C16H24ClNO5S2/c1-11(2)9-23-14(19)6-4-5-12-7-15(24-16(12)17)25(20,21)18(3)8-13-10-22-13/h7,11,13H,4-6,8-10H2,1-3H3/t13-/m0/s1. The van der Waals surface area contributed by atoms with Gasteiger partial charge in [-0.2, -0.15) is 4.31 Å². The summed E-state index contributed by atoms with van der Waals surface area (Å²) in [6, 6.07) is 1.60. The Morgan fingerprint density at radius 2 is 2.20 bits per heavy atom. The highest BCUT2D eigenvalue weighted by Crippen LogP contribution is 2.33. The molecule has 1 fully saturated rings. The molecular formula is C16H24ClNO5S2. The predicted octanol–water partition coefficient (Wildman–Crippen LogP) is 2.94. The molecule has 1 aliphatic heterocycles. The number of aryl methyl sites for hydroxylation is 1. The van der Waals surface area contributed by atoms with Crippen LogP contribution in [0.1, 0.15) is 32.3 Å². The fraction of sp³-hybridized carbons (Fsp3) is 0.688. The van der Waals surface area contributed by atoms with Crippen molar-refractivity contribution >= 4 is 38.9 Å². The van der Waals surface area contributed by atoms with E-state index in [4.69, 9.17) is 21.1 Å². The summed E-state index contributed by atoms with van der Waals surface area (Å²) < 4.78 is 37.2. The van der Waals surface area contributed by atoms with Crippen molar-refractivity contribution in [2.75, 3.05) is 26.8 Å². The smallest absolute Gasteiger partial charge is 0.305 e. The van der Waals surface area contributed by atoms with Crippen LogP contribution in [0.2, 0.25) is 4.34 Å². The maximum Gasteiger partial charge on any atom is 0.305 e. The third kappa shape index (κ3) is 6.21. The molecule has 2 rings (SSSR count). The lowest BCUT2D eigenvalue weighted by Gasteiger charge is -2.14. The van der Waals surface area contributed by atoms with Crippen LogP contribution < -0.4 is 0 Å². The van der Waals surface area contributed by atoms with E-state index in [1.54, 1.807) is 6.07 Å². The number of epoxide rings is 1. The van der Waals surface area contributed by atoms with Gasteiger partial charge < -0.3 is 9.47 Å². The van der Waals surface area contributed by atoms with E-state index in [2.05, 4.69) is 0 Å². The molecule has 0 amide bonds. The van der Waals surface area contributed by atoms with Gasteiger partial charge >= 0.3 is 5.97 Å². The lowest BCUT2D eigenvalue weighted by Crippen LogP contribution is -2.30. The van der Waals surface area contributed by atoms with E-state index in [0.717, 1.165) is 16.9 Å². The summed E-state index contributed by atoms with van der Waals surface area (Å²) in [5, 5.41) is 0. The monoisotopic (exact) mass is 409 g/mol. The second-order valence-electron chi connectivity index (χ2n) is 6.54. The third-order valence-electron chi connectivity index (χ3n) is 3.67. The summed E-state index contributed by atoms with van der Waals surface area (Å²) in [4.78, 5) is 11.6. The summed E-state index contributed by atoms with van der Waals surface area (Å²) in [6.45, 7) is 5.31. The van der Waals surface area contributed by atoms with E-state index < -0.39 is 10.0 Å². The molecule has 9 heteroatoms. The van der Waals surface area contributed by atoms with Gasteiger partial charge in [0.25, 0.3) is 10.0 Å². The number of hydrogen-bond acceptors (Lipinski definition) is 6. The summed E-state index contributed by atoms with van der Waals surface area (Å²) in [5.74, 6) is 0.0677. The molecular weight excluding hydrogens is 386 g/mol. The molecule has 0 saturated carbocycles. The number of ether oxygens (including phenoxy) is 2. The maximum atomic E-state index is 12.5. The minimum Gasteiger partial charge on any atom is -0.465 e. The summed E-state index contributed by atoms with van der Waals surface area (Å²) in [5.41, 5.74) is 0.748. The van der Waals surface area contributed by atoms with E-state index in [1.165, 1.54) is 11.4 Å². The van der Waals surface area contributed by atoms with Crippen molar-refractivity contribution in [3.63, 3.8) is 0 Å². The Labute approximate surface area is 158 Å². The van der Waals surface area contributed by atoms with Gasteiger partial charge in [-0.05, 0) is 30.4 Å². The molecule has 1 saturated heterocycles. The number of thiophene rings is 1. The molecule has 0 unspecified atom stereocenters. The van der Waals surface area contributed by atoms with E-state index in [-0.39, 0.29) is 16.3 Å². The van der Waals surface area contributed by atoms with Crippen LogP contribution in [-0.2, 0) is 30.7 Å². The van der Waals surface area contributed by atoms with Crippen LogP contribution in [0.4, 0.5) is 0 Å². The van der Waals surface area contributed by atoms with Gasteiger partial charge in [-0.1, -0.05) is 25.4 Å². The Morgan fingerprint density at radius 3 is 2.80 bits per heavy atom. The molecule has 2 heterocycles. The summed E-state index contributed by atoms with van der Waals surface area (Å²) >= 11 is 7.24. The van der Waals surface area contributed by atoms with E-state index >= 15 is 0 Å². The fourth-order valence-electron chi connectivity index (χ4n) is 2.15. The quantitative estimate of drug-likeness (QED) is 0.438. The fourth-order valence-corrected chi connectivity index (χ4v) is 5.37. The zero-order chi connectivity index (χ0) is 18.6. The van der Waals surface area contributed by atoms with Gasteiger partial charge in [0.1, 0.15) is 4.21 Å². The van der Waals surface area contributed by atoms with Crippen LogP contribution in [0.5, 0.6) is 0 Å². The molecule has 0 radical (unpaired) electrons. The Hall–Kier alpha value is -0.670. The van der Waals surface area contributed by atoms with Crippen LogP contribution in [0.25, 0.3) is 0 Å². The number of carbonyl (C=O) groups is 1. The molecule has 6 nitrogen and oxygen atoms in total. The number of hydrogen-bond donors (Lipinski definition) is 0. The molecule has 0 N–H and O–H groups in total. The zero-order valence-corrected chi connectivity index (χ0v) is 17.0. The number of carbonyl (C=O) groups excluding carboxylic acids is 1. The number of rotatable bonds is 10. The molecule has 0 spiro atoms. The van der Waals surface area contributed by atoms with Gasteiger partial charge in [0.15, 0.2) is 0 Å². The molecule has 25 heavy (non-hydrogen) atoms. The Morgan fingerprint density at radius 1 is 1.52 bits per heavy atom. The van der Waals surface area contributed by atoms with Gasteiger partial charge in [-0.3, -0.25) is 4.79 Å². The van der Waals surface area contributed by atoms with Gasteiger partial charge in [-0.15, -0.1) is 11.3 Å². The number of sulfonamides is 1. The molecule has 0 bridgehead atoms. The zero-order valence-electron chi connectivity index (χ0n) is 14.7. The van der Waals surface area contributed by atoms with Crippen molar-refractivity contribution in [1.82, 2.24) is 4.31 Å². The van der Waals surface area contributed by atoms with E-state index in [9.17, 15) is 13.2 Å². The Kier molecular flexibility index (Phi) is 7.28. The molecule has 1 aliphatic rings. The van der Waals surface area contributed by atoms with Crippen molar-refractivity contribution in [2.45, 2.75) is 43.4 Å². The SMILES string of the molecule is CC(C)COC(=O)CCCc1cc(S(=O)(=O)N(C)C[C@H]2CO2)sc1Cl. The van der Waals surface area contributed by atoms with Crippen molar-refractivity contribution in [3.8, 4) is 0 Å². The second kappa shape index (κ2) is 8.81. The first-order valence-electron chi connectivity index (χ1n) is 8.22. The number of esters is 1. The Balaban J connectivity index is 1.89. The van der Waals surface area contributed by atoms with E-state index in [1.807, 2.05) is 13.8 Å². The lowest BCUT2D eigenvalue weighted by molar-refractivity contribution is -0.144. The Bertz CT molecular complexity index is 697. The van der Waals surface area contributed by atoms with Crippen molar-refractivity contribution < 1.29 is 22.7 Å². The first kappa shape index (κ1) is 20.6. The largest absolute Gasteiger partial charge is 0.465 e. The summed E-state index contributed by atoms with van der Waals surface area (Å²) in [7, 11) is -2.02.